The van der Waals surface area contributed by atoms with Gasteiger partial charge in [-0.25, -0.2) is 0 Å². The minimum atomic E-state index is -0.318. The molecular weight excluding hydrogens is 234 g/mol. The highest BCUT2D eigenvalue weighted by Gasteiger charge is 2.06. The normalized spacial score (nSPS) is 10.1. The van der Waals surface area contributed by atoms with Crippen LogP contribution in [0.2, 0.25) is 0 Å². The molecule has 2 aromatic rings. The lowest BCUT2D eigenvalue weighted by Gasteiger charge is -2.00. The number of nitrogens with zero attached hydrogens (tertiary/aromatic N) is 2. The van der Waals surface area contributed by atoms with Crippen molar-refractivity contribution in [1.29, 1.82) is 0 Å². The minimum absolute atomic E-state index is 0.318. The second-order valence-corrected chi connectivity index (χ2v) is 4.27. The predicted molar refractivity (Wildman–Crippen MR) is 69.0 cm³/mol. The van der Waals surface area contributed by atoms with E-state index in [-0.39, 0.29) is 5.56 Å². The van der Waals surface area contributed by atoms with E-state index in [0.29, 0.717) is 16.6 Å². The lowest BCUT2D eigenvalue weighted by atomic mass is 10.2. The maximum Gasteiger partial charge on any atom is 0.300 e. The highest BCUT2D eigenvalue weighted by atomic mass is 32.2. The van der Waals surface area contributed by atoms with Gasteiger partial charge >= 0.3 is 0 Å². The zero-order valence-electron chi connectivity index (χ0n) is 9.09. The summed E-state index contributed by atoms with van der Waals surface area (Å²) in [6, 6.07) is 9.26. The molecular formula is C12H11N3OS. The highest BCUT2D eigenvalue weighted by molar-refractivity contribution is 7.99. The fraction of sp³-hybridized carbons (Fsp3) is 0.0833. The first-order valence-corrected chi connectivity index (χ1v) is 6.05. The molecule has 86 valence electrons. The molecule has 1 N–H and O–H groups in total. The highest BCUT2D eigenvalue weighted by Crippen LogP contribution is 2.13. The molecule has 5 heteroatoms. The van der Waals surface area contributed by atoms with Gasteiger partial charge in [0.2, 0.25) is 0 Å². The van der Waals surface area contributed by atoms with Gasteiger partial charge in [0, 0.05) is 11.3 Å². The summed E-state index contributed by atoms with van der Waals surface area (Å²) in [5.74, 6) is 0.690. The van der Waals surface area contributed by atoms with Crippen molar-refractivity contribution in [3.63, 3.8) is 0 Å². The van der Waals surface area contributed by atoms with Crippen LogP contribution >= 0.6 is 11.8 Å². The quantitative estimate of drug-likeness (QED) is 0.662. The molecule has 1 aromatic carbocycles. The molecule has 0 amide bonds. The first-order valence-electron chi connectivity index (χ1n) is 5.07. The summed E-state index contributed by atoms with van der Waals surface area (Å²) in [6.07, 6.45) is 1.75. The predicted octanol–water partition coefficient (Wildman–Crippen LogP) is 2.11. The monoisotopic (exact) mass is 245 g/mol. The minimum Gasteiger partial charge on any atom is -0.265 e. The van der Waals surface area contributed by atoms with Gasteiger partial charge < -0.3 is 0 Å². The van der Waals surface area contributed by atoms with Crippen LogP contribution in [0.4, 0.5) is 0 Å². The van der Waals surface area contributed by atoms with E-state index in [1.807, 2.05) is 30.3 Å². The average Bonchev–Trinajstić information content (AvgIpc) is 2.37. The zero-order valence-corrected chi connectivity index (χ0v) is 9.91. The van der Waals surface area contributed by atoms with E-state index in [9.17, 15) is 4.79 Å². The fourth-order valence-electron chi connectivity index (χ4n) is 1.31. The summed E-state index contributed by atoms with van der Waals surface area (Å²) < 4.78 is 0. The zero-order chi connectivity index (χ0) is 12.1. The SMILES string of the molecule is C=CCSc1nc(=O)c(-c2ccccc2)n[nH]1. The van der Waals surface area contributed by atoms with Crippen LogP contribution in [0, 0.1) is 0 Å². The van der Waals surface area contributed by atoms with Gasteiger partial charge in [0.15, 0.2) is 10.9 Å². The van der Waals surface area contributed by atoms with Gasteiger partial charge in [-0.05, 0) is 0 Å². The molecule has 0 saturated heterocycles. The number of H-pyrrole nitrogens is 1. The van der Waals surface area contributed by atoms with Gasteiger partial charge in [-0.15, -0.1) is 6.58 Å². The van der Waals surface area contributed by atoms with Crippen LogP contribution in [0.15, 0.2) is 52.9 Å². The van der Waals surface area contributed by atoms with Crippen molar-refractivity contribution in [2.45, 2.75) is 5.16 Å². The van der Waals surface area contributed by atoms with Crippen molar-refractivity contribution in [1.82, 2.24) is 15.2 Å². The Balaban J connectivity index is 2.32. The van der Waals surface area contributed by atoms with Gasteiger partial charge in [0.05, 0.1) is 0 Å². The van der Waals surface area contributed by atoms with E-state index in [0.717, 1.165) is 5.56 Å². The van der Waals surface area contributed by atoms with Crippen LogP contribution in [0.5, 0.6) is 0 Å². The van der Waals surface area contributed by atoms with Crippen LogP contribution in [0.3, 0.4) is 0 Å². The molecule has 17 heavy (non-hydrogen) atoms. The molecule has 1 aromatic heterocycles. The summed E-state index contributed by atoms with van der Waals surface area (Å²) in [5, 5.41) is 7.32. The maximum absolute atomic E-state index is 11.8. The van der Waals surface area contributed by atoms with E-state index in [4.69, 9.17) is 0 Å². The summed E-state index contributed by atoms with van der Waals surface area (Å²) in [4.78, 5) is 15.7. The number of benzene rings is 1. The molecule has 0 unspecified atom stereocenters. The van der Waals surface area contributed by atoms with Crippen molar-refractivity contribution >= 4 is 11.8 Å². The Morgan fingerprint density at radius 3 is 2.76 bits per heavy atom. The average molecular weight is 245 g/mol. The Kier molecular flexibility index (Phi) is 3.72. The Bertz CT molecular complexity index is 565. The summed E-state index contributed by atoms with van der Waals surface area (Å²) >= 11 is 1.39. The summed E-state index contributed by atoms with van der Waals surface area (Å²) in [6.45, 7) is 3.60. The number of thioether (sulfide) groups is 1. The van der Waals surface area contributed by atoms with Crippen molar-refractivity contribution in [3.8, 4) is 11.3 Å². The fourth-order valence-corrected chi connectivity index (χ4v) is 1.84. The van der Waals surface area contributed by atoms with Crippen LogP contribution in [0.25, 0.3) is 11.3 Å². The van der Waals surface area contributed by atoms with Crippen molar-refractivity contribution < 1.29 is 0 Å². The maximum atomic E-state index is 11.8. The Labute approximate surface area is 103 Å². The van der Waals surface area contributed by atoms with Gasteiger partial charge in [-0.3, -0.25) is 9.89 Å². The van der Waals surface area contributed by atoms with Gasteiger partial charge in [-0.1, -0.05) is 48.2 Å². The smallest absolute Gasteiger partial charge is 0.265 e. The van der Waals surface area contributed by atoms with E-state index in [1.54, 1.807) is 6.08 Å². The van der Waals surface area contributed by atoms with Gasteiger partial charge in [-0.2, -0.15) is 10.1 Å². The molecule has 0 saturated carbocycles. The van der Waals surface area contributed by atoms with Gasteiger partial charge in [0.25, 0.3) is 5.56 Å². The first-order chi connectivity index (χ1) is 8.31. The molecule has 1 heterocycles. The molecule has 0 spiro atoms. The third kappa shape index (κ3) is 2.82. The second-order valence-electron chi connectivity index (χ2n) is 3.26. The van der Waals surface area contributed by atoms with E-state index in [1.165, 1.54) is 11.8 Å². The molecule has 2 rings (SSSR count). The van der Waals surface area contributed by atoms with Crippen LogP contribution in [-0.2, 0) is 0 Å². The van der Waals surface area contributed by atoms with E-state index in [2.05, 4.69) is 21.8 Å². The molecule has 0 aliphatic carbocycles. The van der Waals surface area contributed by atoms with Crippen LogP contribution in [-0.4, -0.2) is 20.9 Å². The Morgan fingerprint density at radius 2 is 2.12 bits per heavy atom. The number of aromatic amines is 1. The molecule has 0 fully saturated rings. The third-order valence-corrected chi connectivity index (χ3v) is 2.91. The summed E-state index contributed by atoms with van der Waals surface area (Å²) in [5.41, 5.74) is 0.789. The van der Waals surface area contributed by atoms with E-state index >= 15 is 0 Å². The van der Waals surface area contributed by atoms with Crippen molar-refractivity contribution in [2.75, 3.05) is 5.75 Å². The topological polar surface area (TPSA) is 58.6 Å². The lowest BCUT2D eigenvalue weighted by Crippen LogP contribution is -2.14. The Morgan fingerprint density at radius 1 is 1.35 bits per heavy atom. The Hall–Kier alpha value is -1.88. The molecule has 0 bridgehead atoms. The largest absolute Gasteiger partial charge is 0.300 e. The molecule has 0 radical (unpaired) electrons. The molecule has 4 nitrogen and oxygen atoms in total. The number of hydrogen-bond acceptors (Lipinski definition) is 4. The second kappa shape index (κ2) is 5.45. The van der Waals surface area contributed by atoms with Crippen LogP contribution in [0.1, 0.15) is 0 Å². The first kappa shape index (κ1) is 11.6. The number of rotatable bonds is 4. The number of hydrogen-bond donors (Lipinski definition) is 1. The number of aromatic nitrogens is 3. The standard InChI is InChI=1S/C12H11N3OS/c1-2-8-17-12-13-11(16)10(14-15-12)9-6-4-3-5-7-9/h2-7H,1,8H2,(H,13,15,16). The third-order valence-electron chi connectivity index (χ3n) is 2.05. The summed E-state index contributed by atoms with van der Waals surface area (Å²) in [7, 11) is 0. The molecule has 0 aliphatic heterocycles. The van der Waals surface area contributed by atoms with Gasteiger partial charge in [0.1, 0.15) is 0 Å². The van der Waals surface area contributed by atoms with Crippen molar-refractivity contribution in [2.24, 2.45) is 0 Å². The number of nitrogens with one attached hydrogen (secondary N) is 1. The van der Waals surface area contributed by atoms with Crippen LogP contribution < -0.4 is 5.56 Å². The molecule has 0 aliphatic rings. The molecule has 0 atom stereocenters. The van der Waals surface area contributed by atoms with Crippen molar-refractivity contribution in [3.05, 3.63) is 53.3 Å². The lowest BCUT2D eigenvalue weighted by molar-refractivity contribution is 0.825. The van der Waals surface area contributed by atoms with E-state index < -0.39 is 0 Å².